The molecule has 0 unspecified atom stereocenters. The lowest BCUT2D eigenvalue weighted by atomic mass is 9.71. The quantitative estimate of drug-likeness (QED) is 0.133. The topological polar surface area (TPSA) is 37.4 Å². The molecule has 0 saturated carbocycles. The number of hydrogen-bond donors (Lipinski definition) is 0. The number of carbonyl (C=O) groups excluding carboxylic acids is 2. The third-order valence-electron chi connectivity index (χ3n) is 8.20. The fraction of sp³-hybridized carbons (Fsp3) is 0.0857. The Morgan fingerprint density at radius 3 is 2.27 bits per heavy atom. The molecule has 0 bridgehead atoms. The Balaban J connectivity index is 1.41. The molecule has 0 atom stereocenters. The predicted octanol–water partition coefficient (Wildman–Crippen LogP) is 7.48. The zero-order chi connectivity index (χ0) is 28.6. The van der Waals surface area contributed by atoms with Crippen molar-refractivity contribution in [3.05, 3.63) is 136 Å². The first-order chi connectivity index (χ1) is 19.7. The first-order valence-electron chi connectivity index (χ1n) is 13.3. The van der Waals surface area contributed by atoms with Crippen molar-refractivity contribution in [1.29, 1.82) is 0 Å². The summed E-state index contributed by atoms with van der Waals surface area (Å²) in [7, 11) is 5.84. The van der Waals surface area contributed by atoms with Gasteiger partial charge >= 0.3 is 0 Å². The zero-order valence-corrected chi connectivity index (χ0v) is 22.3. The van der Waals surface area contributed by atoms with Gasteiger partial charge in [-0.2, -0.15) is 0 Å². The first kappa shape index (κ1) is 25.2. The van der Waals surface area contributed by atoms with Gasteiger partial charge in [-0.05, 0) is 63.9 Å². The van der Waals surface area contributed by atoms with Crippen molar-refractivity contribution in [2.24, 2.45) is 0 Å². The molecule has 5 aromatic carbocycles. The summed E-state index contributed by atoms with van der Waals surface area (Å²) in [5, 5.41) is 1.78. The minimum absolute atomic E-state index is 0.0957. The number of rotatable bonds is 2. The number of benzene rings is 5. The molecule has 0 saturated heterocycles. The summed E-state index contributed by atoms with van der Waals surface area (Å²) < 4.78 is 30.4. The molecule has 7 rings (SSSR count). The maximum Gasteiger partial charge on any atom is 0.197 e. The van der Waals surface area contributed by atoms with Gasteiger partial charge in [-0.25, -0.2) is 8.78 Å². The molecule has 196 valence electrons. The molecule has 2 aliphatic rings. The van der Waals surface area contributed by atoms with Gasteiger partial charge in [0.1, 0.15) is 25.2 Å². The molecule has 0 fully saturated rings. The molecule has 2 radical (unpaired) electrons. The van der Waals surface area contributed by atoms with E-state index >= 15 is 8.78 Å². The van der Waals surface area contributed by atoms with Crippen molar-refractivity contribution in [2.45, 2.75) is 19.3 Å². The molecule has 3 nitrogen and oxygen atoms in total. The van der Waals surface area contributed by atoms with E-state index in [2.05, 4.69) is 13.8 Å². The summed E-state index contributed by atoms with van der Waals surface area (Å²) in [5.74, 6) is -1.97. The number of ketones is 2. The van der Waals surface area contributed by atoms with Crippen molar-refractivity contribution < 1.29 is 18.4 Å². The van der Waals surface area contributed by atoms with Crippen LogP contribution in [0, 0.1) is 11.6 Å². The number of hydrogen-bond acceptors (Lipinski definition) is 3. The summed E-state index contributed by atoms with van der Waals surface area (Å²) in [6, 6.07) is 25.8. The van der Waals surface area contributed by atoms with E-state index in [-0.39, 0.29) is 22.8 Å². The highest BCUT2D eigenvalue weighted by atomic mass is 19.1. The Morgan fingerprint density at radius 2 is 1.49 bits per heavy atom. The van der Waals surface area contributed by atoms with Gasteiger partial charge in [0.25, 0.3) is 0 Å². The molecule has 41 heavy (non-hydrogen) atoms. The lowest BCUT2D eigenvalue weighted by Gasteiger charge is -2.42. The fourth-order valence-electron chi connectivity index (χ4n) is 6.31. The van der Waals surface area contributed by atoms with Crippen molar-refractivity contribution in [1.82, 2.24) is 0 Å². The van der Waals surface area contributed by atoms with Gasteiger partial charge in [0.15, 0.2) is 11.6 Å². The highest BCUT2D eigenvalue weighted by molar-refractivity contribution is 6.43. The summed E-state index contributed by atoms with van der Waals surface area (Å²) in [4.78, 5) is 27.7. The molecule has 0 spiro atoms. The van der Waals surface area contributed by atoms with Crippen LogP contribution >= 0.6 is 0 Å². The van der Waals surface area contributed by atoms with Crippen LogP contribution < -0.4 is 10.4 Å². The van der Waals surface area contributed by atoms with E-state index in [0.717, 1.165) is 21.9 Å². The van der Waals surface area contributed by atoms with Gasteiger partial charge in [0.05, 0.1) is 16.9 Å². The third kappa shape index (κ3) is 3.63. The van der Waals surface area contributed by atoms with Gasteiger partial charge < -0.3 is 4.90 Å². The van der Waals surface area contributed by atoms with E-state index in [4.69, 9.17) is 7.85 Å². The Kier molecular flexibility index (Phi) is 5.42. The van der Waals surface area contributed by atoms with Crippen molar-refractivity contribution in [3.63, 3.8) is 0 Å². The number of anilines is 3. The molecular formula is C35H22BF2NO2. The molecule has 1 aliphatic carbocycles. The monoisotopic (exact) mass is 537 g/mol. The Hall–Kier alpha value is -4.84. The average Bonchev–Trinajstić information content (AvgIpc) is 3.18. The maximum absolute atomic E-state index is 15.2. The second kappa shape index (κ2) is 8.83. The number of Topliss-reactive ketones (excluding diaryl/α,β-unsaturated/α-hetero) is 2. The lowest BCUT2D eigenvalue weighted by Crippen LogP contribution is -2.31. The Bertz CT molecular complexity index is 1990. The molecule has 1 aliphatic heterocycles. The van der Waals surface area contributed by atoms with Gasteiger partial charge in [-0.1, -0.05) is 80.0 Å². The molecule has 1 heterocycles. The number of allylic oxidation sites excluding steroid dienone is 1. The smallest absolute Gasteiger partial charge is 0.197 e. The van der Waals surface area contributed by atoms with E-state index in [1.165, 1.54) is 24.3 Å². The molecule has 6 heteroatoms. The van der Waals surface area contributed by atoms with E-state index in [9.17, 15) is 9.59 Å². The van der Waals surface area contributed by atoms with Crippen molar-refractivity contribution >= 4 is 58.8 Å². The van der Waals surface area contributed by atoms with Crippen LogP contribution in [0.15, 0.2) is 96.6 Å². The molecule has 0 aromatic heterocycles. The number of halogens is 2. The second-order valence-corrected chi connectivity index (χ2v) is 11.0. The minimum atomic E-state index is -0.652. The minimum Gasteiger partial charge on any atom is -0.305 e. The standard InChI is InChI=1S/C35H22BF2NO2/c1-35(2)26-6-3-4-9-29(26)39(32-27(37)7-5-8-28(32)38)30-15-11-20-16-19(10-13-22(20)31(30)35)17-25-33(40)23-14-12-21(36)18-24(23)34(25)41/h3-18H,1-2H3/b25-17-. The predicted molar refractivity (Wildman–Crippen MR) is 159 cm³/mol. The molecule has 0 amide bonds. The maximum atomic E-state index is 15.2. The van der Waals surface area contributed by atoms with Gasteiger partial charge in [0.2, 0.25) is 0 Å². The van der Waals surface area contributed by atoms with Crippen LogP contribution in [0.3, 0.4) is 0 Å². The van der Waals surface area contributed by atoms with E-state index < -0.39 is 17.0 Å². The van der Waals surface area contributed by atoms with Crippen LogP contribution in [0.1, 0.15) is 51.3 Å². The normalized spacial score (nSPS) is 16.2. The van der Waals surface area contributed by atoms with Gasteiger partial charge in [-0.3, -0.25) is 9.59 Å². The van der Waals surface area contributed by atoms with E-state index in [0.29, 0.717) is 33.5 Å². The zero-order valence-electron chi connectivity index (χ0n) is 22.3. The van der Waals surface area contributed by atoms with Crippen LogP contribution in [-0.4, -0.2) is 19.4 Å². The summed E-state index contributed by atoms with van der Waals surface area (Å²) in [6.07, 6.45) is 1.61. The Labute approximate surface area is 237 Å². The van der Waals surface area contributed by atoms with Gasteiger partial charge in [0, 0.05) is 16.5 Å². The number of para-hydroxylation sites is 2. The number of fused-ring (bicyclic) bond motifs is 5. The molecular weight excluding hydrogens is 515 g/mol. The first-order valence-corrected chi connectivity index (χ1v) is 13.3. The molecule has 5 aromatic rings. The van der Waals surface area contributed by atoms with Crippen LogP contribution in [0.5, 0.6) is 0 Å². The summed E-state index contributed by atoms with van der Waals surface area (Å²) in [5.41, 5.74) is 4.52. The van der Waals surface area contributed by atoms with Gasteiger partial charge in [-0.15, -0.1) is 0 Å². The highest BCUT2D eigenvalue weighted by Gasteiger charge is 2.39. The van der Waals surface area contributed by atoms with Crippen molar-refractivity contribution in [2.75, 3.05) is 4.90 Å². The highest BCUT2D eigenvalue weighted by Crippen LogP contribution is 2.54. The van der Waals surface area contributed by atoms with Crippen LogP contribution in [0.4, 0.5) is 25.8 Å². The van der Waals surface area contributed by atoms with Crippen molar-refractivity contribution in [3.8, 4) is 0 Å². The van der Waals surface area contributed by atoms with Crippen LogP contribution in [0.2, 0.25) is 0 Å². The lowest BCUT2D eigenvalue weighted by molar-refractivity contribution is 0.0990. The van der Waals surface area contributed by atoms with E-state index in [1.54, 1.807) is 23.1 Å². The molecule has 0 N–H and O–H groups in total. The largest absolute Gasteiger partial charge is 0.305 e. The Morgan fingerprint density at radius 1 is 0.756 bits per heavy atom. The number of nitrogens with zero attached hydrogens (tertiary/aromatic N) is 1. The average molecular weight is 537 g/mol. The third-order valence-corrected chi connectivity index (χ3v) is 8.20. The van der Waals surface area contributed by atoms with Crippen LogP contribution in [0.25, 0.3) is 16.8 Å². The summed E-state index contributed by atoms with van der Waals surface area (Å²) >= 11 is 0. The van der Waals surface area contributed by atoms with Crippen LogP contribution in [-0.2, 0) is 5.41 Å². The number of carbonyl (C=O) groups is 2. The second-order valence-electron chi connectivity index (χ2n) is 11.0. The fourth-order valence-corrected chi connectivity index (χ4v) is 6.31. The SMILES string of the molecule is [B]c1ccc2c(c1)C(=O)/C(=C\c1ccc3c4c(ccc3c1)N(c1c(F)cccc1F)c1ccccc1C4(C)C)C2=O. The summed E-state index contributed by atoms with van der Waals surface area (Å²) in [6.45, 7) is 4.21. The van der Waals surface area contributed by atoms with E-state index in [1.807, 2.05) is 54.6 Å².